The van der Waals surface area contributed by atoms with Gasteiger partial charge in [0.25, 0.3) is 20.0 Å². The summed E-state index contributed by atoms with van der Waals surface area (Å²) in [4.78, 5) is 0. The molecule has 12 heteroatoms. The summed E-state index contributed by atoms with van der Waals surface area (Å²) in [6.45, 7) is 3.70. The molecule has 3 rings (SSSR count). The molecule has 0 radical (unpaired) electrons. The Bertz CT molecular complexity index is 933. The average molecular weight is 564 g/mol. The van der Waals surface area contributed by atoms with Gasteiger partial charge in [-0.2, -0.15) is 8.61 Å². The first-order valence-corrected chi connectivity index (χ1v) is 13.7. The van der Waals surface area contributed by atoms with Crippen LogP contribution in [0.25, 0.3) is 0 Å². The first-order chi connectivity index (χ1) is 12.0. The highest BCUT2D eigenvalue weighted by Crippen LogP contribution is 2.34. The summed E-state index contributed by atoms with van der Waals surface area (Å²) in [6.07, 6.45) is 0. The standard InChI is InChI=1S/C14H16Br2N2O4S4/c1-9-7-18(26(21,22)14-6-4-12(16)24-14)10(2)8-17(9)25(19,20)13-5-3-11(15)23-13/h3-6,9-10H,7-8H2,1-2H3. The molecule has 1 fully saturated rings. The molecule has 6 nitrogen and oxygen atoms in total. The first-order valence-electron chi connectivity index (χ1n) is 7.58. The third-order valence-corrected chi connectivity index (χ3v) is 12.2. The van der Waals surface area contributed by atoms with Crippen LogP contribution in [0.4, 0.5) is 0 Å². The summed E-state index contributed by atoms with van der Waals surface area (Å²) < 4.78 is 56.5. The maximum Gasteiger partial charge on any atom is 0.252 e. The molecule has 3 heterocycles. The van der Waals surface area contributed by atoms with Gasteiger partial charge in [-0.05, 0) is 70.0 Å². The van der Waals surface area contributed by atoms with Crippen LogP contribution in [-0.2, 0) is 20.0 Å². The minimum Gasteiger partial charge on any atom is -0.206 e. The van der Waals surface area contributed by atoms with E-state index in [1.807, 2.05) is 0 Å². The molecule has 26 heavy (non-hydrogen) atoms. The Morgan fingerprint density at radius 3 is 1.42 bits per heavy atom. The smallest absolute Gasteiger partial charge is 0.206 e. The minimum atomic E-state index is -3.66. The van der Waals surface area contributed by atoms with Crippen molar-refractivity contribution in [3.8, 4) is 0 Å². The van der Waals surface area contributed by atoms with Crippen molar-refractivity contribution in [3.05, 3.63) is 31.8 Å². The van der Waals surface area contributed by atoms with Crippen LogP contribution in [0, 0.1) is 0 Å². The Balaban J connectivity index is 1.88. The molecule has 1 aliphatic rings. The molecule has 0 aromatic carbocycles. The number of hydrogen-bond acceptors (Lipinski definition) is 6. The van der Waals surface area contributed by atoms with Crippen LogP contribution in [0.15, 0.2) is 40.3 Å². The zero-order valence-electron chi connectivity index (χ0n) is 13.8. The van der Waals surface area contributed by atoms with E-state index in [1.165, 1.54) is 8.61 Å². The molecule has 2 aromatic heterocycles. The highest BCUT2D eigenvalue weighted by Gasteiger charge is 2.42. The Morgan fingerprint density at radius 2 is 1.15 bits per heavy atom. The van der Waals surface area contributed by atoms with Crippen molar-refractivity contribution in [1.82, 2.24) is 8.61 Å². The lowest BCUT2D eigenvalue weighted by Crippen LogP contribution is -2.59. The van der Waals surface area contributed by atoms with Gasteiger partial charge >= 0.3 is 0 Å². The normalized spacial score (nSPS) is 23.4. The van der Waals surface area contributed by atoms with Gasteiger partial charge in [-0.1, -0.05) is 0 Å². The molecule has 0 saturated carbocycles. The largest absolute Gasteiger partial charge is 0.252 e. The number of hydrogen-bond donors (Lipinski definition) is 0. The predicted molar refractivity (Wildman–Crippen MR) is 111 cm³/mol. The van der Waals surface area contributed by atoms with Crippen LogP contribution in [0.2, 0.25) is 0 Å². The van der Waals surface area contributed by atoms with Gasteiger partial charge in [0, 0.05) is 25.2 Å². The van der Waals surface area contributed by atoms with Gasteiger partial charge < -0.3 is 0 Å². The summed E-state index contributed by atoms with van der Waals surface area (Å²) in [5.41, 5.74) is 0. The summed E-state index contributed by atoms with van der Waals surface area (Å²) >= 11 is 8.87. The van der Waals surface area contributed by atoms with Crippen LogP contribution >= 0.6 is 54.5 Å². The Labute approximate surface area is 178 Å². The quantitative estimate of drug-likeness (QED) is 0.567. The fourth-order valence-corrected chi connectivity index (χ4v) is 10.5. The van der Waals surface area contributed by atoms with E-state index in [2.05, 4.69) is 31.9 Å². The third-order valence-electron chi connectivity index (χ3n) is 4.09. The zero-order chi connectivity index (χ0) is 19.3. The summed E-state index contributed by atoms with van der Waals surface area (Å²) in [5.74, 6) is 0. The van der Waals surface area contributed by atoms with Crippen molar-refractivity contribution in [3.63, 3.8) is 0 Å². The molecule has 0 N–H and O–H groups in total. The second-order valence-corrected chi connectivity index (χ2v) is 15.1. The summed E-state index contributed by atoms with van der Waals surface area (Å²) in [5, 5.41) is 0. The van der Waals surface area contributed by atoms with Crippen LogP contribution in [-0.4, -0.2) is 50.6 Å². The van der Waals surface area contributed by atoms with Crippen molar-refractivity contribution < 1.29 is 16.8 Å². The number of rotatable bonds is 4. The molecular formula is C14H16Br2N2O4S4. The van der Waals surface area contributed by atoms with Crippen molar-refractivity contribution >= 4 is 74.6 Å². The molecule has 0 amide bonds. The van der Waals surface area contributed by atoms with Crippen LogP contribution in [0.3, 0.4) is 0 Å². The van der Waals surface area contributed by atoms with E-state index in [9.17, 15) is 16.8 Å². The van der Waals surface area contributed by atoms with Gasteiger partial charge in [0.15, 0.2) is 0 Å². The van der Waals surface area contributed by atoms with E-state index in [0.717, 1.165) is 30.2 Å². The molecule has 2 atom stereocenters. The number of sulfonamides is 2. The molecule has 0 bridgehead atoms. The number of halogens is 2. The van der Waals surface area contributed by atoms with E-state index >= 15 is 0 Å². The van der Waals surface area contributed by atoms with E-state index in [4.69, 9.17) is 0 Å². The minimum absolute atomic E-state index is 0.116. The number of nitrogens with zero attached hydrogens (tertiary/aromatic N) is 2. The lowest BCUT2D eigenvalue weighted by Gasteiger charge is -2.41. The predicted octanol–water partition coefficient (Wildman–Crippen LogP) is 3.81. The monoisotopic (exact) mass is 562 g/mol. The van der Waals surface area contributed by atoms with E-state index < -0.39 is 32.1 Å². The average Bonchev–Trinajstić information content (AvgIpc) is 3.18. The topological polar surface area (TPSA) is 74.8 Å². The van der Waals surface area contributed by atoms with Crippen LogP contribution < -0.4 is 0 Å². The van der Waals surface area contributed by atoms with E-state index in [-0.39, 0.29) is 21.5 Å². The van der Waals surface area contributed by atoms with Gasteiger partial charge in [-0.3, -0.25) is 0 Å². The maximum absolute atomic E-state index is 12.9. The zero-order valence-corrected chi connectivity index (χ0v) is 20.2. The molecule has 0 aliphatic carbocycles. The van der Waals surface area contributed by atoms with Crippen LogP contribution in [0.1, 0.15) is 13.8 Å². The molecule has 144 valence electrons. The summed E-state index contributed by atoms with van der Waals surface area (Å²) in [6, 6.07) is 5.59. The van der Waals surface area contributed by atoms with Gasteiger partial charge in [-0.15, -0.1) is 22.7 Å². The number of piperazine rings is 1. The Kier molecular flexibility index (Phi) is 6.06. The Hall–Kier alpha value is 0.180. The van der Waals surface area contributed by atoms with Gasteiger partial charge in [0.2, 0.25) is 0 Å². The maximum atomic E-state index is 12.9. The van der Waals surface area contributed by atoms with Crippen molar-refractivity contribution in [2.24, 2.45) is 0 Å². The van der Waals surface area contributed by atoms with Crippen LogP contribution in [0.5, 0.6) is 0 Å². The SMILES string of the molecule is CC1CN(S(=O)(=O)c2ccc(Br)s2)C(C)CN1S(=O)(=O)c1ccc(Br)s1. The summed E-state index contributed by atoms with van der Waals surface area (Å²) in [7, 11) is -7.31. The van der Waals surface area contributed by atoms with E-state index in [1.54, 1.807) is 38.1 Å². The lowest BCUT2D eigenvalue weighted by atomic mass is 10.2. The molecule has 1 aliphatic heterocycles. The van der Waals surface area contributed by atoms with Crippen molar-refractivity contribution in [2.75, 3.05) is 13.1 Å². The third kappa shape index (κ3) is 3.84. The fourth-order valence-electron chi connectivity index (χ4n) is 2.84. The lowest BCUT2D eigenvalue weighted by molar-refractivity contribution is 0.164. The first kappa shape index (κ1) is 20.9. The molecule has 2 aromatic rings. The molecule has 1 saturated heterocycles. The van der Waals surface area contributed by atoms with Crippen molar-refractivity contribution in [1.29, 1.82) is 0 Å². The Morgan fingerprint density at radius 1 is 0.808 bits per heavy atom. The van der Waals surface area contributed by atoms with Crippen molar-refractivity contribution in [2.45, 2.75) is 34.3 Å². The van der Waals surface area contributed by atoms with E-state index in [0.29, 0.717) is 0 Å². The van der Waals surface area contributed by atoms with Gasteiger partial charge in [-0.25, -0.2) is 16.8 Å². The van der Waals surface area contributed by atoms with Gasteiger partial charge in [0.05, 0.1) is 7.57 Å². The molecule has 2 unspecified atom stereocenters. The number of thiophene rings is 2. The molecule has 0 spiro atoms. The second-order valence-electron chi connectivity index (χ2n) is 5.96. The molecular weight excluding hydrogens is 548 g/mol. The fraction of sp³-hybridized carbons (Fsp3) is 0.429. The highest BCUT2D eigenvalue weighted by molar-refractivity contribution is 9.11. The highest BCUT2D eigenvalue weighted by atomic mass is 79.9. The van der Waals surface area contributed by atoms with Gasteiger partial charge in [0.1, 0.15) is 8.42 Å². The second kappa shape index (κ2) is 7.54.